The molecule has 0 unspecified atom stereocenters. The van der Waals surface area contributed by atoms with Gasteiger partial charge in [-0.05, 0) is 20.8 Å². The van der Waals surface area contributed by atoms with Crippen LogP contribution in [-0.4, -0.2) is 144 Å². The fourth-order valence-corrected chi connectivity index (χ4v) is 2.46. The number of amides is 1. The Morgan fingerprint density at radius 1 is 0.500 bits per heavy atom. The minimum atomic E-state index is -0.510. The Bertz CT molecular complexity index is 498. The van der Waals surface area contributed by atoms with Crippen LogP contribution in [0, 0.1) is 0 Å². The van der Waals surface area contributed by atoms with E-state index in [4.69, 9.17) is 47.4 Å². The summed E-state index contributed by atoms with van der Waals surface area (Å²) in [4.78, 5) is 11.5. The van der Waals surface area contributed by atoms with E-state index >= 15 is 0 Å². The molecule has 0 aliphatic heterocycles. The molecule has 0 aliphatic carbocycles. The van der Waals surface area contributed by atoms with E-state index in [9.17, 15) is 9.18 Å². The van der Waals surface area contributed by atoms with Gasteiger partial charge >= 0.3 is 6.09 Å². The first-order chi connectivity index (χ1) is 18.5. The predicted molar refractivity (Wildman–Crippen MR) is 138 cm³/mol. The highest BCUT2D eigenvalue weighted by atomic mass is 19.1. The lowest BCUT2D eigenvalue weighted by Gasteiger charge is -2.19. The van der Waals surface area contributed by atoms with Crippen molar-refractivity contribution in [1.29, 1.82) is 0 Å². The third-order valence-corrected chi connectivity index (χ3v) is 4.11. The Balaban J connectivity index is 3.09. The Labute approximate surface area is 227 Å². The summed E-state index contributed by atoms with van der Waals surface area (Å²) in [5.41, 5.74) is -0.510. The monoisotopic (exact) mass is 559 g/mol. The molecule has 1 amide bonds. The molecule has 0 aliphatic rings. The van der Waals surface area contributed by atoms with Crippen molar-refractivity contribution in [2.45, 2.75) is 26.4 Å². The van der Waals surface area contributed by atoms with Crippen molar-refractivity contribution >= 4 is 6.09 Å². The van der Waals surface area contributed by atoms with Gasteiger partial charge in [-0.15, -0.1) is 0 Å². The summed E-state index contributed by atoms with van der Waals surface area (Å²) in [6.45, 7) is 13.3. The van der Waals surface area contributed by atoms with Crippen LogP contribution in [0.25, 0.3) is 0 Å². The Morgan fingerprint density at radius 3 is 1.03 bits per heavy atom. The number of rotatable bonds is 29. The first kappa shape index (κ1) is 36.8. The van der Waals surface area contributed by atoms with Crippen LogP contribution in [0.1, 0.15) is 20.8 Å². The summed E-state index contributed by atoms with van der Waals surface area (Å²) < 4.78 is 65.0. The van der Waals surface area contributed by atoms with Crippen molar-refractivity contribution in [3.8, 4) is 0 Å². The van der Waals surface area contributed by atoms with E-state index in [0.29, 0.717) is 119 Å². The van der Waals surface area contributed by atoms with Crippen LogP contribution in [0.4, 0.5) is 9.18 Å². The maximum absolute atomic E-state index is 11.8. The van der Waals surface area contributed by atoms with Crippen LogP contribution in [0.15, 0.2) is 0 Å². The minimum absolute atomic E-state index is 0.111. The normalized spacial score (nSPS) is 11.7. The molecule has 12 nitrogen and oxygen atoms in total. The zero-order valence-electron chi connectivity index (χ0n) is 23.5. The van der Waals surface area contributed by atoms with Crippen molar-refractivity contribution in [2.24, 2.45) is 0 Å². The number of alkyl carbamates (subject to hydrolysis) is 1. The maximum Gasteiger partial charge on any atom is 0.407 e. The largest absolute Gasteiger partial charge is 0.444 e. The first-order valence-corrected chi connectivity index (χ1v) is 13.2. The summed E-state index contributed by atoms with van der Waals surface area (Å²) in [7, 11) is 0. The van der Waals surface area contributed by atoms with Crippen LogP contribution in [-0.2, 0) is 47.4 Å². The number of carbonyl (C=O) groups excluding carboxylic acids is 1. The van der Waals surface area contributed by atoms with Crippen molar-refractivity contribution in [3.63, 3.8) is 0 Å². The third-order valence-electron chi connectivity index (χ3n) is 4.11. The first-order valence-electron chi connectivity index (χ1n) is 13.2. The van der Waals surface area contributed by atoms with Gasteiger partial charge in [-0.3, -0.25) is 0 Å². The maximum atomic E-state index is 11.8. The fraction of sp³-hybridized carbons (Fsp3) is 0.960. The van der Waals surface area contributed by atoms with Crippen molar-refractivity contribution in [2.75, 3.05) is 132 Å². The highest BCUT2D eigenvalue weighted by Gasteiger charge is 2.15. The zero-order valence-corrected chi connectivity index (χ0v) is 23.5. The Kier molecular flexibility index (Phi) is 28.0. The van der Waals surface area contributed by atoms with Gasteiger partial charge in [0.05, 0.1) is 119 Å². The minimum Gasteiger partial charge on any atom is -0.444 e. The summed E-state index contributed by atoms with van der Waals surface area (Å²) in [5.74, 6) is 0. The van der Waals surface area contributed by atoms with Gasteiger partial charge in [0.15, 0.2) is 0 Å². The second-order valence-electron chi connectivity index (χ2n) is 8.63. The molecule has 38 heavy (non-hydrogen) atoms. The smallest absolute Gasteiger partial charge is 0.407 e. The molecule has 0 aromatic heterocycles. The Morgan fingerprint density at radius 2 is 0.763 bits per heavy atom. The second-order valence-corrected chi connectivity index (χ2v) is 8.63. The SMILES string of the molecule is CC(C)(C)OC(=O)NCCOCCOCCOCCOCCOCCOCCOCCOCCOCCF. The summed E-state index contributed by atoms with van der Waals surface area (Å²) in [5, 5.41) is 2.62. The number of nitrogens with one attached hydrogen (secondary N) is 1. The van der Waals surface area contributed by atoms with E-state index in [2.05, 4.69) is 5.32 Å². The van der Waals surface area contributed by atoms with Crippen molar-refractivity contribution in [1.82, 2.24) is 5.32 Å². The van der Waals surface area contributed by atoms with Crippen molar-refractivity contribution in [3.05, 3.63) is 0 Å². The lowest BCUT2D eigenvalue weighted by atomic mass is 10.2. The van der Waals surface area contributed by atoms with Gasteiger partial charge in [0.2, 0.25) is 0 Å². The van der Waals surface area contributed by atoms with E-state index < -0.39 is 18.4 Å². The lowest BCUT2D eigenvalue weighted by Crippen LogP contribution is -2.34. The van der Waals surface area contributed by atoms with E-state index in [1.54, 1.807) is 0 Å². The molecule has 0 saturated carbocycles. The van der Waals surface area contributed by atoms with Crippen LogP contribution in [0.5, 0.6) is 0 Å². The quantitative estimate of drug-likeness (QED) is 0.135. The van der Waals surface area contributed by atoms with E-state index in [1.807, 2.05) is 20.8 Å². The molecule has 0 atom stereocenters. The molecule has 0 aromatic rings. The van der Waals surface area contributed by atoms with E-state index in [-0.39, 0.29) is 6.61 Å². The molecule has 0 aromatic carbocycles. The van der Waals surface area contributed by atoms with Gasteiger partial charge in [0.1, 0.15) is 12.3 Å². The van der Waals surface area contributed by atoms with E-state index in [1.165, 1.54) is 0 Å². The predicted octanol–water partition coefficient (Wildman–Crippen LogP) is 1.63. The summed E-state index contributed by atoms with van der Waals surface area (Å²) >= 11 is 0. The molecule has 0 radical (unpaired) electrons. The van der Waals surface area contributed by atoms with Gasteiger partial charge in [-0.1, -0.05) is 0 Å². The van der Waals surface area contributed by atoms with Crippen LogP contribution < -0.4 is 5.32 Å². The van der Waals surface area contributed by atoms with Gasteiger partial charge in [0, 0.05) is 6.54 Å². The third kappa shape index (κ3) is 32.9. The average Bonchev–Trinajstić information content (AvgIpc) is 2.86. The highest BCUT2D eigenvalue weighted by molar-refractivity contribution is 5.67. The number of alkyl halides is 1. The number of hydrogen-bond acceptors (Lipinski definition) is 11. The molecule has 228 valence electrons. The molecule has 0 spiro atoms. The molecule has 0 heterocycles. The van der Waals surface area contributed by atoms with Crippen LogP contribution >= 0.6 is 0 Å². The summed E-state index contributed by atoms with van der Waals surface area (Å²) in [6.07, 6.45) is -0.454. The number of halogens is 1. The zero-order chi connectivity index (χ0) is 28.0. The molecule has 0 rings (SSSR count). The van der Waals surface area contributed by atoms with Gasteiger partial charge < -0.3 is 52.7 Å². The average molecular weight is 560 g/mol. The molecular weight excluding hydrogens is 509 g/mol. The molecular formula is C25H50FNO11. The topological polar surface area (TPSA) is 121 Å². The number of hydrogen-bond donors (Lipinski definition) is 1. The molecule has 1 N–H and O–H groups in total. The van der Waals surface area contributed by atoms with Crippen LogP contribution in [0.3, 0.4) is 0 Å². The molecule has 0 fully saturated rings. The second kappa shape index (κ2) is 28.8. The van der Waals surface area contributed by atoms with Gasteiger partial charge in [-0.25, -0.2) is 9.18 Å². The van der Waals surface area contributed by atoms with Crippen LogP contribution in [0.2, 0.25) is 0 Å². The van der Waals surface area contributed by atoms with Gasteiger partial charge in [0.25, 0.3) is 0 Å². The summed E-state index contributed by atoms with van der Waals surface area (Å²) in [6, 6.07) is 0. The molecule has 0 bridgehead atoms. The number of carbonyl (C=O) groups is 1. The number of ether oxygens (including phenoxy) is 10. The van der Waals surface area contributed by atoms with Crippen molar-refractivity contribution < 1.29 is 56.6 Å². The van der Waals surface area contributed by atoms with E-state index in [0.717, 1.165) is 0 Å². The fourth-order valence-electron chi connectivity index (χ4n) is 2.46. The highest BCUT2D eigenvalue weighted by Crippen LogP contribution is 2.06. The lowest BCUT2D eigenvalue weighted by molar-refractivity contribution is -0.0251. The van der Waals surface area contributed by atoms with Gasteiger partial charge in [-0.2, -0.15) is 0 Å². The molecule has 0 saturated heterocycles. The standard InChI is InChI=1S/C25H50FNO11/c1-25(2,3)38-24(28)27-5-7-30-9-11-32-13-15-34-17-19-36-21-23-37-22-20-35-18-16-33-14-12-31-10-8-29-6-4-26/h4-23H2,1-3H3,(H,27,28). The Hall–Kier alpha value is -1.16. The molecule has 13 heteroatoms.